The molecule has 0 radical (unpaired) electrons. The van der Waals surface area contributed by atoms with E-state index in [2.05, 4.69) is 4.98 Å². The van der Waals surface area contributed by atoms with Gasteiger partial charge in [0.15, 0.2) is 9.84 Å². The summed E-state index contributed by atoms with van der Waals surface area (Å²) >= 11 is 0. The summed E-state index contributed by atoms with van der Waals surface area (Å²) in [5, 5.41) is 1.60. The van der Waals surface area contributed by atoms with Crippen molar-refractivity contribution in [3.05, 3.63) is 125 Å². The number of nitrogens with zero attached hydrogens (tertiary/aromatic N) is 1. The fourth-order valence-corrected chi connectivity index (χ4v) is 6.29. The van der Waals surface area contributed by atoms with Crippen LogP contribution >= 0.6 is 0 Å². The highest BCUT2D eigenvalue weighted by Crippen LogP contribution is 2.41. The monoisotopic (exact) mass is 527 g/mol. The average molecular weight is 528 g/mol. The number of benzene rings is 4. The number of fused-ring (bicyclic) bond motifs is 2. The predicted octanol–water partition coefficient (Wildman–Crippen LogP) is 7.94. The Hall–Kier alpha value is -4.23. The van der Waals surface area contributed by atoms with E-state index in [9.17, 15) is 21.6 Å². The number of hydrogen-bond acceptors (Lipinski definition) is 3. The van der Waals surface area contributed by atoms with Crippen molar-refractivity contribution in [1.29, 1.82) is 0 Å². The number of aromatic nitrogens is 1. The molecule has 2 heterocycles. The van der Waals surface area contributed by atoms with Crippen LogP contribution in [0.3, 0.4) is 0 Å². The van der Waals surface area contributed by atoms with Crippen LogP contribution in [0.4, 0.5) is 13.2 Å². The van der Waals surface area contributed by atoms with Gasteiger partial charge in [-0.1, -0.05) is 72.8 Å². The molecule has 0 aliphatic carbocycles. The molecule has 0 N–H and O–H groups in total. The van der Waals surface area contributed by atoms with E-state index in [4.69, 9.17) is 0 Å². The van der Waals surface area contributed by atoms with Crippen LogP contribution in [-0.2, 0) is 22.4 Å². The quantitative estimate of drug-likeness (QED) is 0.238. The second-order valence-electron chi connectivity index (χ2n) is 9.17. The molecule has 4 aromatic carbocycles. The molecule has 0 atom stereocenters. The van der Waals surface area contributed by atoms with Crippen LogP contribution in [-0.4, -0.2) is 13.4 Å². The molecule has 6 rings (SSSR count). The minimum atomic E-state index is -4.55. The van der Waals surface area contributed by atoms with Crippen molar-refractivity contribution in [2.24, 2.45) is 0 Å². The van der Waals surface area contributed by atoms with Crippen LogP contribution in [0.15, 0.2) is 107 Å². The van der Waals surface area contributed by atoms with Crippen LogP contribution in [0.2, 0.25) is 0 Å². The largest absolute Gasteiger partial charge is 0.418 e. The Balaban J connectivity index is 1.59. The maximum atomic E-state index is 13.9. The summed E-state index contributed by atoms with van der Waals surface area (Å²) in [5.41, 5.74) is 4.42. The smallest absolute Gasteiger partial charge is 0.255 e. The number of pyridine rings is 1. The standard InChI is InChI=1S/C31H20F3NO2S/c32-31(33,34)27-13-5-12-26-29(23(19-35-30(26)27)17-20-7-2-1-3-8-20)22-10-4-9-21(18-22)24-11-6-14-28-25(24)15-16-38(28,36)37/h1-16,18-19H,17H2. The summed E-state index contributed by atoms with van der Waals surface area (Å²) in [6.07, 6.45) is -0.941. The van der Waals surface area contributed by atoms with Crippen molar-refractivity contribution in [3.63, 3.8) is 0 Å². The van der Waals surface area contributed by atoms with E-state index in [1.165, 1.54) is 17.7 Å². The van der Waals surface area contributed by atoms with E-state index in [-0.39, 0.29) is 10.4 Å². The molecular formula is C31H20F3NO2S. The third kappa shape index (κ3) is 4.19. The zero-order valence-electron chi connectivity index (χ0n) is 19.9. The lowest BCUT2D eigenvalue weighted by Crippen LogP contribution is -2.07. The molecule has 188 valence electrons. The van der Waals surface area contributed by atoms with Gasteiger partial charge in [0.05, 0.1) is 16.0 Å². The SMILES string of the molecule is O=S1(=O)C=Cc2c(-c3cccc(-c4c(Cc5ccccc5)cnc5c(C(F)(F)F)cccc45)c3)cccc21. The van der Waals surface area contributed by atoms with Gasteiger partial charge in [0, 0.05) is 22.6 Å². The Morgan fingerprint density at radius 2 is 1.53 bits per heavy atom. The van der Waals surface area contributed by atoms with Gasteiger partial charge in [0.25, 0.3) is 0 Å². The van der Waals surface area contributed by atoms with Gasteiger partial charge < -0.3 is 0 Å². The van der Waals surface area contributed by atoms with Crippen LogP contribution in [0.1, 0.15) is 22.3 Å². The van der Waals surface area contributed by atoms with E-state index in [0.717, 1.165) is 33.9 Å². The van der Waals surface area contributed by atoms with Crippen molar-refractivity contribution in [2.45, 2.75) is 17.5 Å². The maximum Gasteiger partial charge on any atom is 0.418 e. The Kier molecular flexibility index (Phi) is 5.69. The van der Waals surface area contributed by atoms with E-state index >= 15 is 0 Å². The lowest BCUT2D eigenvalue weighted by Gasteiger charge is -2.17. The topological polar surface area (TPSA) is 47.0 Å². The van der Waals surface area contributed by atoms with E-state index in [1.807, 2.05) is 60.7 Å². The van der Waals surface area contributed by atoms with E-state index in [1.54, 1.807) is 24.3 Å². The van der Waals surface area contributed by atoms with Gasteiger partial charge in [0.1, 0.15) is 0 Å². The van der Waals surface area contributed by atoms with Gasteiger partial charge in [-0.15, -0.1) is 0 Å². The highest BCUT2D eigenvalue weighted by Gasteiger charge is 2.33. The van der Waals surface area contributed by atoms with Gasteiger partial charge in [-0.2, -0.15) is 13.2 Å². The summed E-state index contributed by atoms with van der Waals surface area (Å²) in [7, 11) is -3.48. The first-order valence-electron chi connectivity index (χ1n) is 11.9. The minimum Gasteiger partial charge on any atom is -0.255 e. The molecule has 1 aliphatic heterocycles. The second kappa shape index (κ2) is 8.96. The number of halogens is 3. The first-order chi connectivity index (χ1) is 18.2. The van der Waals surface area contributed by atoms with E-state index in [0.29, 0.717) is 22.9 Å². The summed E-state index contributed by atoms with van der Waals surface area (Å²) in [5.74, 6) is 0. The van der Waals surface area contributed by atoms with Gasteiger partial charge in [-0.3, -0.25) is 4.98 Å². The van der Waals surface area contributed by atoms with Crippen LogP contribution in [0, 0.1) is 0 Å². The molecule has 0 unspecified atom stereocenters. The third-order valence-corrected chi connectivity index (χ3v) is 8.23. The highest BCUT2D eigenvalue weighted by atomic mass is 32.2. The van der Waals surface area contributed by atoms with Gasteiger partial charge in [-0.05, 0) is 64.1 Å². The van der Waals surface area contributed by atoms with Gasteiger partial charge >= 0.3 is 6.18 Å². The van der Waals surface area contributed by atoms with Crippen molar-refractivity contribution >= 4 is 26.8 Å². The summed E-state index contributed by atoms with van der Waals surface area (Å²) in [6, 6.07) is 26.4. The molecule has 0 amide bonds. The highest BCUT2D eigenvalue weighted by molar-refractivity contribution is 7.94. The van der Waals surface area contributed by atoms with Gasteiger partial charge in [0.2, 0.25) is 0 Å². The molecule has 7 heteroatoms. The first kappa shape index (κ1) is 24.1. The number of rotatable bonds is 4. The second-order valence-corrected chi connectivity index (χ2v) is 11.0. The Labute approximate surface area is 217 Å². The fraction of sp³-hybridized carbons (Fsp3) is 0.0645. The molecule has 38 heavy (non-hydrogen) atoms. The third-order valence-electron chi connectivity index (χ3n) is 6.77. The number of sulfone groups is 1. The number of alkyl halides is 3. The molecule has 1 aromatic heterocycles. The lowest BCUT2D eigenvalue weighted by molar-refractivity contribution is -0.136. The van der Waals surface area contributed by atoms with Crippen LogP contribution < -0.4 is 0 Å². The normalized spacial score (nSPS) is 14.1. The van der Waals surface area contributed by atoms with Crippen LogP contribution in [0.5, 0.6) is 0 Å². The molecule has 5 aromatic rings. The minimum absolute atomic E-state index is 0.105. The molecule has 1 aliphatic rings. The number of hydrogen-bond donors (Lipinski definition) is 0. The predicted molar refractivity (Wildman–Crippen MR) is 143 cm³/mol. The van der Waals surface area contributed by atoms with Crippen molar-refractivity contribution in [3.8, 4) is 22.3 Å². The molecule has 0 spiro atoms. The molecule has 0 saturated carbocycles. The zero-order valence-corrected chi connectivity index (χ0v) is 20.7. The molecule has 0 fully saturated rings. The molecule has 0 bridgehead atoms. The van der Waals surface area contributed by atoms with Gasteiger partial charge in [-0.25, -0.2) is 8.42 Å². The Morgan fingerprint density at radius 3 is 2.32 bits per heavy atom. The summed E-state index contributed by atoms with van der Waals surface area (Å²) in [6.45, 7) is 0. The summed E-state index contributed by atoms with van der Waals surface area (Å²) < 4.78 is 66.5. The lowest BCUT2D eigenvalue weighted by atomic mass is 9.89. The maximum absolute atomic E-state index is 13.9. The fourth-order valence-electron chi connectivity index (χ4n) is 5.07. The average Bonchev–Trinajstić information content (AvgIpc) is 3.23. The van der Waals surface area contributed by atoms with Crippen molar-refractivity contribution in [2.75, 3.05) is 0 Å². The first-order valence-corrected chi connectivity index (χ1v) is 13.5. The zero-order chi connectivity index (χ0) is 26.5. The Morgan fingerprint density at radius 1 is 0.789 bits per heavy atom. The Bertz CT molecular complexity index is 1840. The molecule has 0 saturated heterocycles. The van der Waals surface area contributed by atoms with E-state index < -0.39 is 21.6 Å². The summed E-state index contributed by atoms with van der Waals surface area (Å²) in [4.78, 5) is 4.52. The van der Waals surface area contributed by atoms with Crippen molar-refractivity contribution in [1.82, 2.24) is 4.98 Å². The number of para-hydroxylation sites is 1. The molecule has 3 nitrogen and oxygen atoms in total. The molecular weight excluding hydrogens is 507 g/mol. The van der Waals surface area contributed by atoms with Crippen molar-refractivity contribution < 1.29 is 21.6 Å². The van der Waals surface area contributed by atoms with Crippen LogP contribution in [0.25, 0.3) is 39.2 Å².